The maximum Gasteiger partial charge on any atom is 0.182 e. The van der Waals surface area contributed by atoms with Gasteiger partial charge in [-0.05, 0) is 18.2 Å². The maximum absolute atomic E-state index is 13.1. The standard InChI is InChI=1S/C12H9FN4/c13-9-3-1-2-8(6-9)12-15-11-7-10(14)4-5-17(11)16-12/h1-7H,14H2. The zero-order valence-electron chi connectivity index (χ0n) is 8.84. The molecule has 0 saturated heterocycles. The second-order valence-electron chi connectivity index (χ2n) is 3.71. The molecule has 0 spiro atoms. The lowest BCUT2D eigenvalue weighted by Gasteiger charge is -1.93. The minimum atomic E-state index is -0.305. The number of halogens is 1. The highest BCUT2D eigenvalue weighted by atomic mass is 19.1. The first kappa shape index (κ1) is 9.77. The number of nitrogen functional groups attached to an aromatic ring is 1. The van der Waals surface area contributed by atoms with Crippen LogP contribution in [0.4, 0.5) is 10.1 Å². The topological polar surface area (TPSA) is 56.2 Å². The van der Waals surface area contributed by atoms with Crippen molar-refractivity contribution in [2.24, 2.45) is 0 Å². The Balaban J connectivity index is 2.18. The number of nitrogens with zero attached hydrogens (tertiary/aromatic N) is 3. The second kappa shape index (κ2) is 3.55. The van der Waals surface area contributed by atoms with Crippen LogP contribution in [-0.2, 0) is 0 Å². The minimum Gasteiger partial charge on any atom is -0.399 e. The highest BCUT2D eigenvalue weighted by Crippen LogP contribution is 2.17. The van der Waals surface area contributed by atoms with Gasteiger partial charge in [0.1, 0.15) is 5.82 Å². The molecule has 0 aliphatic rings. The maximum atomic E-state index is 13.1. The van der Waals surface area contributed by atoms with Gasteiger partial charge in [0.2, 0.25) is 0 Å². The number of fused-ring (bicyclic) bond motifs is 1. The van der Waals surface area contributed by atoms with Gasteiger partial charge in [0.05, 0.1) is 0 Å². The monoisotopic (exact) mass is 228 g/mol. The molecule has 0 amide bonds. The predicted octanol–water partition coefficient (Wildman–Crippen LogP) is 2.12. The van der Waals surface area contributed by atoms with E-state index in [2.05, 4.69) is 10.1 Å². The van der Waals surface area contributed by atoms with Gasteiger partial charge in [-0.25, -0.2) is 13.9 Å². The fourth-order valence-electron chi connectivity index (χ4n) is 1.65. The van der Waals surface area contributed by atoms with Gasteiger partial charge in [0.25, 0.3) is 0 Å². The molecule has 0 aliphatic heterocycles. The fourth-order valence-corrected chi connectivity index (χ4v) is 1.65. The van der Waals surface area contributed by atoms with Crippen LogP contribution in [0.3, 0.4) is 0 Å². The van der Waals surface area contributed by atoms with Crippen LogP contribution < -0.4 is 5.73 Å². The van der Waals surface area contributed by atoms with Crippen LogP contribution in [0.5, 0.6) is 0 Å². The normalized spacial score (nSPS) is 10.9. The van der Waals surface area contributed by atoms with Crippen LogP contribution in [0.25, 0.3) is 17.0 Å². The minimum absolute atomic E-state index is 0.305. The summed E-state index contributed by atoms with van der Waals surface area (Å²) < 4.78 is 14.7. The van der Waals surface area contributed by atoms with Gasteiger partial charge in [0, 0.05) is 23.5 Å². The molecule has 5 heteroatoms. The third-order valence-electron chi connectivity index (χ3n) is 2.44. The van der Waals surface area contributed by atoms with Crippen molar-refractivity contribution >= 4 is 11.3 Å². The zero-order chi connectivity index (χ0) is 11.8. The molecule has 3 rings (SSSR count). The highest BCUT2D eigenvalue weighted by molar-refractivity contribution is 5.60. The summed E-state index contributed by atoms with van der Waals surface area (Å²) >= 11 is 0. The van der Waals surface area contributed by atoms with E-state index in [1.165, 1.54) is 12.1 Å². The first-order valence-electron chi connectivity index (χ1n) is 5.10. The number of hydrogen-bond acceptors (Lipinski definition) is 3. The Labute approximate surface area is 96.5 Å². The first-order valence-corrected chi connectivity index (χ1v) is 5.10. The number of benzene rings is 1. The third-order valence-corrected chi connectivity index (χ3v) is 2.44. The number of anilines is 1. The molecule has 0 fully saturated rings. The van der Waals surface area contributed by atoms with E-state index in [-0.39, 0.29) is 5.82 Å². The van der Waals surface area contributed by atoms with E-state index in [1.807, 2.05) is 0 Å². The molecule has 0 saturated carbocycles. The molecular formula is C12H9FN4. The fraction of sp³-hybridized carbons (Fsp3) is 0. The number of aromatic nitrogens is 3. The Morgan fingerprint density at radius 2 is 2.06 bits per heavy atom. The van der Waals surface area contributed by atoms with Gasteiger partial charge in [-0.1, -0.05) is 12.1 Å². The molecule has 0 aliphatic carbocycles. The molecule has 84 valence electrons. The Bertz CT molecular complexity index is 690. The van der Waals surface area contributed by atoms with Crippen LogP contribution in [0.2, 0.25) is 0 Å². The van der Waals surface area contributed by atoms with Crippen LogP contribution in [0.15, 0.2) is 42.6 Å². The van der Waals surface area contributed by atoms with E-state index in [0.29, 0.717) is 22.7 Å². The predicted molar refractivity (Wildman–Crippen MR) is 62.8 cm³/mol. The van der Waals surface area contributed by atoms with Crippen molar-refractivity contribution in [1.82, 2.24) is 14.6 Å². The van der Waals surface area contributed by atoms with Crippen molar-refractivity contribution in [3.63, 3.8) is 0 Å². The van der Waals surface area contributed by atoms with E-state index < -0.39 is 0 Å². The molecule has 2 aromatic heterocycles. The quantitative estimate of drug-likeness (QED) is 0.694. The van der Waals surface area contributed by atoms with E-state index in [4.69, 9.17) is 5.73 Å². The molecule has 2 N–H and O–H groups in total. The van der Waals surface area contributed by atoms with E-state index in [9.17, 15) is 4.39 Å². The smallest absolute Gasteiger partial charge is 0.182 e. The summed E-state index contributed by atoms with van der Waals surface area (Å²) in [5, 5.41) is 4.25. The van der Waals surface area contributed by atoms with Gasteiger partial charge >= 0.3 is 0 Å². The van der Waals surface area contributed by atoms with Crippen molar-refractivity contribution < 1.29 is 4.39 Å². The van der Waals surface area contributed by atoms with Gasteiger partial charge in [-0.2, -0.15) is 0 Å². The van der Waals surface area contributed by atoms with E-state index >= 15 is 0 Å². The molecule has 0 bridgehead atoms. The number of nitrogens with two attached hydrogens (primary N) is 1. The number of pyridine rings is 1. The highest BCUT2D eigenvalue weighted by Gasteiger charge is 2.06. The summed E-state index contributed by atoms with van der Waals surface area (Å²) in [6.07, 6.45) is 1.72. The Kier molecular flexibility index (Phi) is 2.04. The summed E-state index contributed by atoms with van der Waals surface area (Å²) in [5.74, 6) is 0.177. The van der Waals surface area contributed by atoms with E-state index in [1.54, 1.807) is 35.0 Å². The summed E-state index contributed by atoms with van der Waals surface area (Å²) in [6.45, 7) is 0. The summed E-state index contributed by atoms with van der Waals surface area (Å²) in [5.41, 5.74) is 7.56. The van der Waals surface area contributed by atoms with Gasteiger partial charge < -0.3 is 5.73 Å². The molecule has 3 aromatic rings. The van der Waals surface area contributed by atoms with Gasteiger partial charge in [0.15, 0.2) is 11.5 Å². The van der Waals surface area contributed by atoms with E-state index in [0.717, 1.165) is 0 Å². The molecule has 0 atom stereocenters. The lowest BCUT2D eigenvalue weighted by atomic mass is 10.2. The van der Waals surface area contributed by atoms with Crippen LogP contribution in [0.1, 0.15) is 0 Å². The summed E-state index contributed by atoms with van der Waals surface area (Å²) in [7, 11) is 0. The number of rotatable bonds is 1. The van der Waals surface area contributed by atoms with Crippen molar-refractivity contribution in [1.29, 1.82) is 0 Å². The average molecular weight is 228 g/mol. The molecule has 4 nitrogen and oxygen atoms in total. The molecule has 2 heterocycles. The largest absolute Gasteiger partial charge is 0.399 e. The van der Waals surface area contributed by atoms with Crippen LogP contribution in [0, 0.1) is 5.82 Å². The van der Waals surface area contributed by atoms with Gasteiger partial charge in [-0.3, -0.25) is 0 Å². The van der Waals surface area contributed by atoms with Crippen molar-refractivity contribution in [3.8, 4) is 11.4 Å². The Morgan fingerprint density at radius 3 is 2.88 bits per heavy atom. The first-order chi connectivity index (χ1) is 8.22. The average Bonchev–Trinajstić information content (AvgIpc) is 2.72. The lowest BCUT2D eigenvalue weighted by molar-refractivity contribution is 0.628. The number of hydrogen-bond donors (Lipinski definition) is 1. The Morgan fingerprint density at radius 1 is 1.18 bits per heavy atom. The lowest BCUT2D eigenvalue weighted by Crippen LogP contribution is -1.89. The second-order valence-corrected chi connectivity index (χ2v) is 3.71. The zero-order valence-corrected chi connectivity index (χ0v) is 8.84. The summed E-state index contributed by atoms with van der Waals surface area (Å²) in [4.78, 5) is 4.29. The molecule has 0 radical (unpaired) electrons. The van der Waals surface area contributed by atoms with Crippen LogP contribution >= 0.6 is 0 Å². The van der Waals surface area contributed by atoms with Gasteiger partial charge in [-0.15, -0.1) is 5.10 Å². The van der Waals surface area contributed by atoms with Crippen molar-refractivity contribution in [2.45, 2.75) is 0 Å². The van der Waals surface area contributed by atoms with Crippen molar-refractivity contribution in [2.75, 3.05) is 5.73 Å². The molecule has 1 aromatic carbocycles. The SMILES string of the molecule is Nc1ccn2nc(-c3cccc(F)c3)nc2c1. The Hall–Kier alpha value is -2.43. The third kappa shape index (κ3) is 1.71. The molecule has 17 heavy (non-hydrogen) atoms. The van der Waals surface area contributed by atoms with Crippen LogP contribution in [-0.4, -0.2) is 14.6 Å². The molecular weight excluding hydrogens is 219 g/mol. The van der Waals surface area contributed by atoms with Crippen molar-refractivity contribution in [3.05, 3.63) is 48.4 Å². The summed E-state index contributed by atoms with van der Waals surface area (Å²) in [6, 6.07) is 9.63. The molecule has 0 unspecified atom stereocenters.